The van der Waals surface area contributed by atoms with Crippen molar-refractivity contribution in [3.05, 3.63) is 47.0 Å². The second kappa shape index (κ2) is 10.6. The maximum atomic E-state index is 13.4. The van der Waals surface area contributed by atoms with E-state index >= 15 is 0 Å². The summed E-state index contributed by atoms with van der Waals surface area (Å²) in [6, 6.07) is 9.20. The minimum absolute atomic E-state index is 0.148. The van der Waals surface area contributed by atoms with Crippen LogP contribution in [0.3, 0.4) is 0 Å². The number of allylic oxidation sites excluding steroid dienone is 2. The SMILES string of the molecule is CCC(C)(C)OOC(C)(C)C#CC(C)(OC(=O)c1ccccc1)C1(C)CC2=C(CCCC2(C)C)CC1C. The standard InChI is InChI=1S/C33H48O4/c1-11-30(5,6)36-37-31(7,8)20-21-33(10,35-28(34)25-16-13-12-14-17-25)32(9)23-27-26(22-24(32)2)18-15-19-29(27,3)4/h12-14,16-17,24H,11,15,18-19,22-23H2,1-10H3. The quantitative estimate of drug-likeness (QED) is 0.122. The molecule has 0 aromatic heterocycles. The Morgan fingerprint density at radius 3 is 2.30 bits per heavy atom. The van der Waals surface area contributed by atoms with Gasteiger partial charge in [0.25, 0.3) is 0 Å². The Morgan fingerprint density at radius 1 is 1.03 bits per heavy atom. The summed E-state index contributed by atoms with van der Waals surface area (Å²) in [7, 11) is 0. The zero-order valence-electron chi connectivity index (χ0n) is 24.8. The third kappa shape index (κ3) is 6.50. The molecule has 3 unspecified atom stereocenters. The Hall–Kier alpha value is -2.09. The molecule has 0 spiro atoms. The number of carbonyl (C=O) groups excluding carboxylic acids is 1. The van der Waals surface area contributed by atoms with E-state index in [2.05, 4.69) is 46.5 Å². The highest BCUT2D eigenvalue weighted by atomic mass is 17.2. The van der Waals surface area contributed by atoms with Crippen molar-refractivity contribution in [2.24, 2.45) is 16.7 Å². The predicted molar refractivity (Wildman–Crippen MR) is 150 cm³/mol. The van der Waals surface area contributed by atoms with Gasteiger partial charge in [0.1, 0.15) is 0 Å². The van der Waals surface area contributed by atoms with Crippen molar-refractivity contribution in [3.8, 4) is 11.8 Å². The topological polar surface area (TPSA) is 44.8 Å². The van der Waals surface area contributed by atoms with Crippen LogP contribution in [0.1, 0.15) is 118 Å². The van der Waals surface area contributed by atoms with Gasteiger partial charge in [-0.15, -0.1) is 0 Å². The van der Waals surface area contributed by atoms with Gasteiger partial charge in [0.05, 0.1) is 11.2 Å². The number of carbonyl (C=O) groups is 1. The fraction of sp³-hybridized carbons (Fsp3) is 0.667. The predicted octanol–water partition coefficient (Wildman–Crippen LogP) is 8.46. The van der Waals surface area contributed by atoms with Gasteiger partial charge >= 0.3 is 5.97 Å². The molecule has 4 nitrogen and oxygen atoms in total. The summed E-state index contributed by atoms with van der Waals surface area (Å²) in [4.78, 5) is 25.0. The molecule has 0 heterocycles. The number of benzene rings is 1. The number of rotatable bonds is 7. The second-order valence-corrected chi connectivity index (χ2v) is 13.3. The lowest BCUT2D eigenvalue weighted by Crippen LogP contribution is -2.53. The first-order valence-electron chi connectivity index (χ1n) is 14.0. The summed E-state index contributed by atoms with van der Waals surface area (Å²) in [5.74, 6) is 6.68. The van der Waals surface area contributed by atoms with Crippen LogP contribution in [0.5, 0.6) is 0 Å². The van der Waals surface area contributed by atoms with Crippen molar-refractivity contribution in [2.45, 2.75) is 125 Å². The summed E-state index contributed by atoms with van der Waals surface area (Å²) in [5.41, 5.74) is 1.11. The largest absolute Gasteiger partial charge is 0.442 e. The first-order valence-corrected chi connectivity index (χ1v) is 14.0. The number of ether oxygens (including phenoxy) is 1. The van der Waals surface area contributed by atoms with E-state index in [-0.39, 0.29) is 16.8 Å². The normalized spacial score (nSPS) is 25.4. The van der Waals surface area contributed by atoms with Gasteiger partial charge in [0.2, 0.25) is 0 Å². The van der Waals surface area contributed by atoms with Crippen LogP contribution in [-0.2, 0) is 14.5 Å². The van der Waals surface area contributed by atoms with Crippen molar-refractivity contribution < 1.29 is 19.3 Å². The van der Waals surface area contributed by atoms with Crippen LogP contribution in [0, 0.1) is 28.6 Å². The van der Waals surface area contributed by atoms with Gasteiger partial charge < -0.3 is 4.74 Å². The molecular formula is C33H48O4. The zero-order chi connectivity index (χ0) is 27.7. The van der Waals surface area contributed by atoms with Crippen LogP contribution in [0.15, 0.2) is 41.5 Å². The highest BCUT2D eigenvalue weighted by Crippen LogP contribution is 2.58. The third-order valence-corrected chi connectivity index (χ3v) is 9.03. The molecule has 37 heavy (non-hydrogen) atoms. The van der Waals surface area contributed by atoms with Crippen molar-refractivity contribution in [2.75, 3.05) is 0 Å². The minimum Gasteiger partial charge on any atom is -0.442 e. The van der Waals surface area contributed by atoms with Gasteiger partial charge in [-0.25, -0.2) is 14.6 Å². The molecule has 1 aromatic carbocycles. The lowest BCUT2D eigenvalue weighted by atomic mass is 9.53. The summed E-state index contributed by atoms with van der Waals surface area (Å²) in [6.07, 6.45) is 6.30. The highest BCUT2D eigenvalue weighted by Gasteiger charge is 2.54. The second-order valence-electron chi connectivity index (χ2n) is 13.3. The molecular weight excluding hydrogens is 460 g/mol. The molecule has 0 fully saturated rings. The van der Waals surface area contributed by atoms with Crippen molar-refractivity contribution >= 4 is 5.97 Å². The summed E-state index contributed by atoms with van der Waals surface area (Å²) in [5, 5.41) is 0. The Kier molecular flexibility index (Phi) is 8.43. The molecule has 0 saturated heterocycles. The molecule has 0 N–H and O–H groups in total. The van der Waals surface area contributed by atoms with Crippen LogP contribution in [0.2, 0.25) is 0 Å². The molecule has 204 valence electrons. The molecule has 3 atom stereocenters. The maximum Gasteiger partial charge on any atom is 0.339 e. The smallest absolute Gasteiger partial charge is 0.339 e. The fourth-order valence-corrected chi connectivity index (χ4v) is 5.56. The van der Waals surface area contributed by atoms with Crippen molar-refractivity contribution in [3.63, 3.8) is 0 Å². The van der Waals surface area contributed by atoms with Gasteiger partial charge in [0.15, 0.2) is 11.2 Å². The van der Waals surface area contributed by atoms with Crippen LogP contribution in [-0.4, -0.2) is 22.8 Å². The first kappa shape index (κ1) is 29.5. The Labute approximate surface area is 225 Å². The summed E-state index contributed by atoms with van der Waals surface area (Å²) in [6.45, 7) is 21.1. The molecule has 1 aromatic rings. The van der Waals surface area contributed by atoms with Gasteiger partial charge in [-0.05, 0) is 96.6 Å². The van der Waals surface area contributed by atoms with E-state index < -0.39 is 16.8 Å². The van der Waals surface area contributed by atoms with E-state index in [4.69, 9.17) is 14.5 Å². The molecule has 3 rings (SSSR count). The maximum absolute atomic E-state index is 13.4. The average Bonchev–Trinajstić information content (AvgIpc) is 2.83. The molecule has 2 aliphatic rings. The van der Waals surface area contributed by atoms with E-state index in [0.29, 0.717) is 11.5 Å². The number of hydrogen-bond acceptors (Lipinski definition) is 4. The molecule has 0 saturated carbocycles. The lowest BCUT2D eigenvalue weighted by molar-refractivity contribution is -0.388. The monoisotopic (exact) mass is 508 g/mol. The highest BCUT2D eigenvalue weighted by molar-refractivity contribution is 5.89. The lowest BCUT2D eigenvalue weighted by Gasteiger charge is -2.53. The molecule has 0 aliphatic heterocycles. The van der Waals surface area contributed by atoms with E-state index in [1.807, 2.05) is 52.8 Å². The van der Waals surface area contributed by atoms with E-state index in [9.17, 15) is 4.79 Å². The number of esters is 1. The van der Waals surface area contributed by atoms with Crippen LogP contribution >= 0.6 is 0 Å². The molecule has 0 radical (unpaired) electrons. The van der Waals surface area contributed by atoms with Gasteiger partial charge in [-0.1, -0.05) is 75.8 Å². The minimum atomic E-state index is -1.04. The molecule has 0 amide bonds. The van der Waals surface area contributed by atoms with Crippen molar-refractivity contribution in [1.82, 2.24) is 0 Å². The number of hydrogen-bond donors (Lipinski definition) is 0. The van der Waals surface area contributed by atoms with Crippen molar-refractivity contribution in [1.29, 1.82) is 0 Å². The first-order chi connectivity index (χ1) is 17.0. The van der Waals surface area contributed by atoms with E-state index in [1.54, 1.807) is 17.7 Å². The fourth-order valence-electron chi connectivity index (χ4n) is 5.56. The Morgan fingerprint density at radius 2 is 1.68 bits per heavy atom. The molecule has 0 bridgehead atoms. The van der Waals surface area contributed by atoms with Crippen LogP contribution in [0.25, 0.3) is 0 Å². The summed E-state index contributed by atoms with van der Waals surface area (Å²) >= 11 is 0. The van der Waals surface area contributed by atoms with E-state index in [0.717, 1.165) is 19.3 Å². The Balaban J connectivity index is 2.03. The van der Waals surface area contributed by atoms with Crippen LogP contribution < -0.4 is 0 Å². The van der Waals surface area contributed by atoms with E-state index in [1.165, 1.54) is 24.8 Å². The average molecular weight is 509 g/mol. The van der Waals surface area contributed by atoms with Gasteiger partial charge in [-0.2, -0.15) is 0 Å². The Bertz CT molecular complexity index is 1070. The van der Waals surface area contributed by atoms with Gasteiger partial charge in [-0.3, -0.25) is 0 Å². The summed E-state index contributed by atoms with van der Waals surface area (Å²) < 4.78 is 6.42. The molecule has 4 heteroatoms. The van der Waals surface area contributed by atoms with Gasteiger partial charge in [0, 0.05) is 5.41 Å². The molecule has 2 aliphatic carbocycles. The third-order valence-electron chi connectivity index (χ3n) is 9.03. The van der Waals surface area contributed by atoms with Crippen LogP contribution in [0.4, 0.5) is 0 Å². The zero-order valence-corrected chi connectivity index (χ0v) is 24.8.